The van der Waals surface area contributed by atoms with Gasteiger partial charge in [-0.2, -0.15) is 0 Å². The molecule has 2 unspecified atom stereocenters. The van der Waals surface area contributed by atoms with E-state index >= 15 is 0 Å². The first-order chi connectivity index (χ1) is 9.24. The molecule has 0 spiro atoms. The van der Waals surface area contributed by atoms with Crippen LogP contribution in [0.2, 0.25) is 0 Å². The highest BCUT2D eigenvalue weighted by Crippen LogP contribution is 2.23. The molecule has 1 rings (SSSR count). The van der Waals surface area contributed by atoms with Gasteiger partial charge in [0.2, 0.25) is 5.91 Å². The van der Waals surface area contributed by atoms with Gasteiger partial charge in [0.15, 0.2) is 0 Å². The fraction of sp³-hybridized carbons (Fsp3) is 0.500. The summed E-state index contributed by atoms with van der Waals surface area (Å²) < 4.78 is 0. The van der Waals surface area contributed by atoms with Crippen LogP contribution in [0.5, 0.6) is 0 Å². The van der Waals surface area contributed by atoms with Crippen molar-refractivity contribution in [2.24, 2.45) is 11.7 Å². The third-order valence-electron chi connectivity index (χ3n) is 3.21. The number of hydrogen-bond donors (Lipinski definition) is 2. The second-order valence-electron chi connectivity index (χ2n) is 6.27. The van der Waals surface area contributed by atoms with Crippen LogP contribution in [0.4, 0.5) is 5.69 Å². The van der Waals surface area contributed by atoms with Crippen molar-refractivity contribution in [3.63, 3.8) is 0 Å². The van der Waals surface area contributed by atoms with Crippen LogP contribution in [-0.2, 0) is 15.0 Å². The van der Waals surface area contributed by atoms with Gasteiger partial charge in [-0.05, 0) is 29.5 Å². The number of benzene rings is 1. The van der Waals surface area contributed by atoms with Gasteiger partial charge < -0.3 is 15.8 Å². The minimum absolute atomic E-state index is 0.0817. The molecule has 2 atom stereocenters. The van der Waals surface area contributed by atoms with E-state index in [1.165, 1.54) is 5.56 Å². The van der Waals surface area contributed by atoms with Crippen molar-refractivity contribution in [3.8, 4) is 0 Å². The Morgan fingerprint density at radius 1 is 1.30 bits per heavy atom. The van der Waals surface area contributed by atoms with Gasteiger partial charge >= 0.3 is 0 Å². The van der Waals surface area contributed by atoms with E-state index in [0.717, 1.165) is 12.0 Å². The zero-order valence-electron chi connectivity index (χ0n) is 12.6. The lowest BCUT2D eigenvalue weighted by atomic mass is 9.87. The van der Waals surface area contributed by atoms with E-state index in [-0.39, 0.29) is 17.2 Å². The normalized spacial score (nSPS) is 14.4. The van der Waals surface area contributed by atoms with Crippen molar-refractivity contribution >= 4 is 17.9 Å². The number of carbonyl (C=O) groups is 2. The molecule has 3 N–H and O–H groups in total. The minimum atomic E-state index is -0.669. The summed E-state index contributed by atoms with van der Waals surface area (Å²) in [7, 11) is 0. The van der Waals surface area contributed by atoms with Crippen LogP contribution in [0.15, 0.2) is 24.3 Å². The lowest BCUT2D eigenvalue weighted by Gasteiger charge is -2.19. The molecule has 0 aliphatic carbocycles. The van der Waals surface area contributed by atoms with E-state index in [2.05, 4.69) is 26.1 Å². The molecule has 4 heteroatoms. The third kappa shape index (κ3) is 4.78. The molecule has 0 heterocycles. The fourth-order valence-electron chi connectivity index (χ4n) is 1.85. The predicted molar refractivity (Wildman–Crippen MR) is 81.6 cm³/mol. The van der Waals surface area contributed by atoms with Crippen LogP contribution >= 0.6 is 0 Å². The molecular weight excluding hydrogens is 252 g/mol. The average Bonchev–Trinajstić information content (AvgIpc) is 2.38. The Bertz CT molecular complexity index is 460. The summed E-state index contributed by atoms with van der Waals surface area (Å²) in [5.74, 6) is -0.471. The highest BCUT2D eigenvalue weighted by Gasteiger charge is 2.17. The van der Waals surface area contributed by atoms with E-state index in [0.29, 0.717) is 6.42 Å². The van der Waals surface area contributed by atoms with Gasteiger partial charge in [-0.15, -0.1) is 0 Å². The number of nitrogens with two attached hydrogens (primary N) is 1. The van der Waals surface area contributed by atoms with Gasteiger partial charge in [-0.1, -0.05) is 39.8 Å². The number of nitrogens with one attached hydrogen (secondary N) is 1. The number of rotatable bonds is 5. The van der Waals surface area contributed by atoms with Crippen LogP contribution in [0, 0.1) is 5.92 Å². The summed E-state index contributed by atoms with van der Waals surface area (Å²) in [5.41, 5.74) is 7.77. The summed E-state index contributed by atoms with van der Waals surface area (Å²) in [6.45, 7) is 8.16. The molecule has 0 bridgehead atoms. The maximum Gasteiger partial charge on any atom is 0.241 e. The second-order valence-corrected chi connectivity index (χ2v) is 6.27. The van der Waals surface area contributed by atoms with Crippen molar-refractivity contribution in [3.05, 3.63) is 29.8 Å². The van der Waals surface area contributed by atoms with Crippen molar-refractivity contribution < 1.29 is 9.59 Å². The zero-order valence-corrected chi connectivity index (χ0v) is 12.6. The van der Waals surface area contributed by atoms with Gasteiger partial charge in [-0.3, -0.25) is 4.79 Å². The van der Waals surface area contributed by atoms with Crippen LogP contribution in [-0.4, -0.2) is 18.2 Å². The Morgan fingerprint density at radius 3 is 2.30 bits per heavy atom. The number of carbonyl (C=O) groups excluding carboxylic acids is 2. The molecule has 1 amide bonds. The lowest BCUT2D eigenvalue weighted by molar-refractivity contribution is -0.118. The van der Waals surface area contributed by atoms with Crippen molar-refractivity contribution in [1.29, 1.82) is 0 Å². The SMILES string of the molecule is CC(C=O)CC(N)C(=O)Nc1ccc(C(C)(C)C)cc1. The Labute approximate surface area is 120 Å². The molecule has 110 valence electrons. The average molecular weight is 276 g/mol. The van der Waals surface area contributed by atoms with E-state index in [4.69, 9.17) is 5.73 Å². The van der Waals surface area contributed by atoms with E-state index in [9.17, 15) is 9.59 Å². The predicted octanol–water partition coefficient (Wildman–Crippen LogP) is 2.48. The Kier molecular flexibility index (Phi) is 5.45. The van der Waals surface area contributed by atoms with Crippen molar-refractivity contribution in [1.82, 2.24) is 0 Å². The Hall–Kier alpha value is -1.68. The van der Waals surface area contributed by atoms with E-state index < -0.39 is 6.04 Å². The fourth-order valence-corrected chi connectivity index (χ4v) is 1.85. The molecule has 0 saturated carbocycles. The number of anilines is 1. The van der Waals surface area contributed by atoms with Gasteiger partial charge in [0.05, 0.1) is 6.04 Å². The first kappa shape index (κ1) is 16.4. The first-order valence-electron chi connectivity index (χ1n) is 6.86. The Balaban J connectivity index is 2.64. The maximum absolute atomic E-state index is 11.9. The summed E-state index contributed by atoms with van der Waals surface area (Å²) in [6, 6.07) is 7.06. The zero-order chi connectivity index (χ0) is 15.3. The monoisotopic (exact) mass is 276 g/mol. The van der Waals surface area contributed by atoms with Crippen molar-refractivity contribution in [2.45, 2.75) is 45.6 Å². The Morgan fingerprint density at radius 2 is 1.85 bits per heavy atom. The molecule has 1 aromatic carbocycles. The van der Waals surface area contributed by atoms with Crippen LogP contribution in [0.3, 0.4) is 0 Å². The molecular formula is C16H24N2O2. The molecule has 0 radical (unpaired) electrons. The summed E-state index contributed by atoms with van der Waals surface area (Å²) in [5, 5.41) is 2.77. The molecule has 4 nitrogen and oxygen atoms in total. The van der Waals surface area contributed by atoms with Gasteiger partial charge in [0.25, 0.3) is 0 Å². The third-order valence-corrected chi connectivity index (χ3v) is 3.21. The topological polar surface area (TPSA) is 72.2 Å². The molecule has 0 aliphatic rings. The highest BCUT2D eigenvalue weighted by molar-refractivity contribution is 5.94. The number of hydrogen-bond acceptors (Lipinski definition) is 3. The summed E-state index contributed by atoms with van der Waals surface area (Å²) in [6.07, 6.45) is 1.17. The first-order valence-corrected chi connectivity index (χ1v) is 6.86. The van der Waals surface area contributed by atoms with Gasteiger partial charge in [0, 0.05) is 11.6 Å². The lowest BCUT2D eigenvalue weighted by Crippen LogP contribution is -2.37. The summed E-state index contributed by atoms with van der Waals surface area (Å²) in [4.78, 5) is 22.5. The molecule has 0 aromatic heterocycles. The minimum Gasteiger partial charge on any atom is -0.325 e. The molecule has 0 fully saturated rings. The van der Waals surface area contributed by atoms with Crippen LogP contribution in [0.25, 0.3) is 0 Å². The summed E-state index contributed by atoms with van der Waals surface area (Å²) >= 11 is 0. The quantitative estimate of drug-likeness (QED) is 0.811. The molecule has 0 aliphatic heterocycles. The van der Waals surface area contributed by atoms with E-state index in [1.54, 1.807) is 6.92 Å². The molecule has 1 aromatic rings. The highest BCUT2D eigenvalue weighted by atomic mass is 16.2. The molecule has 20 heavy (non-hydrogen) atoms. The van der Waals surface area contributed by atoms with Gasteiger partial charge in [-0.25, -0.2) is 0 Å². The smallest absolute Gasteiger partial charge is 0.241 e. The second kappa shape index (κ2) is 6.66. The van der Waals surface area contributed by atoms with Crippen LogP contribution in [0.1, 0.15) is 39.7 Å². The van der Waals surface area contributed by atoms with E-state index in [1.807, 2.05) is 24.3 Å². The number of amides is 1. The number of aldehydes is 1. The van der Waals surface area contributed by atoms with Gasteiger partial charge in [0.1, 0.15) is 6.29 Å². The maximum atomic E-state index is 11.9. The largest absolute Gasteiger partial charge is 0.325 e. The van der Waals surface area contributed by atoms with Crippen molar-refractivity contribution in [2.75, 3.05) is 5.32 Å². The van der Waals surface area contributed by atoms with Crippen LogP contribution < -0.4 is 11.1 Å². The molecule has 0 saturated heterocycles. The standard InChI is InChI=1S/C16H24N2O2/c1-11(10-19)9-14(17)15(20)18-13-7-5-12(6-8-13)16(2,3)4/h5-8,10-11,14H,9,17H2,1-4H3,(H,18,20).